The van der Waals surface area contributed by atoms with Gasteiger partial charge in [-0.1, -0.05) is 18.2 Å². The van der Waals surface area contributed by atoms with Gasteiger partial charge in [-0.15, -0.1) is 0 Å². The van der Waals surface area contributed by atoms with Gasteiger partial charge >= 0.3 is 0 Å². The number of rotatable bonds is 5. The van der Waals surface area contributed by atoms with Crippen LogP contribution in [0.2, 0.25) is 0 Å². The number of nitrogens with zero attached hydrogens (tertiary/aromatic N) is 4. The van der Waals surface area contributed by atoms with Crippen LogP contribution >= 0.6 is 0 Å². The van der Waals surface area contributed by atoms with Crippen LogP contribution in [0.1, 0.15) is 11.1 Å². The van der Waals surface area contributed by atoms with Gasteiger partial charge in [-0.2, -0.15) is 5.10 Å². The number of hydrogen-bond donors (Lipinski definition) is 1. The van der Waals surface area contributed by atoms with Crippen LogP contribution in [0.3, 0.4) is 0 Å². The minimum atomic E-state index is -0.311. The molecule has 1 aromatic carbocycles. The predicted molar refractivity (Wildman–Crippen MR) is 86.4 cm³/mol. The van der Waals surface area contributed by atoms with Crippen molar-refractivity contribution in [1.29, 1.82) is 0 Å². The van der Waals surface area contributed by atoms with Gasteiger partial charge in [0, 0.05) is 24.4 Å². The highest BCUT2D eigenvalue weighted by Crippen LogP contribution is 2.09. The quantitative estimate of drug-likeness (QED) is 0.730. The SMILES string of the molecule is O=C(/C=C/c1ccc(F)cc1)NCc1cccnc1-n1cncn1. The molecule has 2 heterocycles. The van der Waals surface area contributed by atoms with E-state index in [1.807, 2.05) is 6.07 Å². The predicted octanol–water partition coefficient (Wildman–Crippen LogP) is 2.13. The number of carbonyl (C=O) groups is 1. The monoisotopic (exact) mass is 323 g/mol. The molecular weight excluding hydrogens is 309 g/mol. The molecule has 0 radical (unpaired) electrons. The van der Waals surface area contributed by atoms with Gasteiger partial charge in [0.25, 0.3) is 0 Å². The fourth-order valence-corrected chi connectivity index (χ4v) is 2.08. The average molecular weight is 323 g/mol. The third-order valence-corrected chi connectivity index (χ3v) is 3.25. The summed E-state index contributed by atoms with van der Waals surface area (Å²) in [5, 5.41) is 6.82. The van der Waals surface area contributed by atoms with E-state index in [9.17, 15) is 9.18 Å². The second kappa shape index (κ2) is 7.28. The van der Waals surface area contributed by atoms with Crippen molar-refractivity contribution in [3.05, 3.63) is 78.3 Å². The lowest BCUT2D eigenvalue weighted by Crippen LogP contribution is -2.21. The van der Waals surface area contributed by atoms with Gasteiger partial charge in [0.2, 0.25) is 5.91 Å². The topological polar surface area (TPSA) is 72.7 Å². The van der Waals surface area contributed by atoms with E-state index in [4.69, 9.17) is 0 Å². The summed E-state index contributed by atoms with van der Waals surface area (Å²) >= 11 is 0. The maximum atomic E-state index is 12.8. The number of aromatic nitrogens is 4. The van der Waals surface area contributed by atoms with E-state index < -0.39 is 0 Å². The van der Waals surface area contributed by atoms with Crippen molar-refractivity contribution in [2.24, 2.45) is 0 Å². The smallest absolute Gasteiger partial charge is 0.244 e. The first-order chi connectivity index (χ1) is 11.7. The highest BCUT2D eigenvalue weighted by Gasteiger charge is 2.07. The molecule has 3 aromatic rings. The summed E-state index contributed by atoms with van der Waals surface area (Å²) < 4.78 is 14.4. The largest absolute Gasteiger partial charge is 0.348 e. The van der Waals surface area contributed by atoms with E-state index in [0.29, 0.717) is 12.4 Å². The molecule has 6 nitrogen and oxygen atoms in total. The zero-order chi connectivity index (χ0) is 16.8. The summed E-state index contributed by atoms with van der Waals surface area (Å²) in [5.41, 5.74) is 1.56. The molecule has 1 N–H and O–H groups in total. The van der Waals surface area contributed by atoms with E-state index in [1.165, 1.54) is 29.2 Å². The van der Waals surface area contributed by atoms with Crippen LogP contribution in [0.4, 0.5) is 4.39 Å². The third-order valence-electron chi connectivity index (χ3n) is 3.25. The molecular formula is C17H14FN5O. The molecule has 7 heteroatoms. The molecule has 24 heavy (non-hydrogen) atoms. The maximum Gasteiger partial charge on any atom is 0.244 e. The Bertz CT molecular complexity index is 844. The Kier molecular flexibility index (Phi) is 4.71. The van der Waals surface area contributed by atoms with Crippen molar-refractivity contribution < 1.29 is 9.18 Å². The lowest BCUT2D eigenvalue weighted by molar-refractivity contribution is -0.116. The molecule has 0 aliphatic heterocycles. The third kappa shape index (κ3) is 3.89. The average Bonchev–Trinajstić information content (AvgIpc) is 3.14. The standard InChI is InChI=1S/C17H14FN5O/c18-15-6-3-13(4-7-15)5-8-16(24)21-10-14-2-1-9-20-17(14)23-12-19-11-22-23/h1-9,11-12H,10H2,(H,21,24)/b8-5+. The lowest BCUT2D eigenvalue weighted by atomic mass is 10.2. The highest BCUT2D eigenvalue weighted by molar-refractivity contribution is 5.91. The minimum Gasteiger partial charge on any atom is -0.348 e. The summed E-state index contributed by atoms with van der Waals surface area (Å²) in [5.74, 6) is 0.0411. The number of benzene rings is 1. The molecule has 0 unspecified atom stereocenters. The Morgan fingerprint density at radius 3 is 2.83 bits per heavy atom. The Hall–Kier alpha value is -3.35. The van der Waals surface area contributed by atoms with Crippen molar-refractivity contribution in [2.45, 2.75) is 6.54 Å². The van der Waals surface area contributed by atoms with Gasteiger partial charge in [0.1, 0.15) is 18.5 Å². The first kappa shape index (κ1) is 15.5. The zero-order valence-corrected chi connectivity index (χ0v) is 12.6. The number of hydrogen-bond acceptors (Lipinski definition) is 4. The molecule has 0 aliphatic rings. The number of pyridine rings is 1. The van der Waals surface area contributed by atoms with Crippen LogP contribution in [0.15, 0.2) is 61.3 Å². The van der Waals surface area contributed by atoms with Crippen LogP contribution in [0, 0.1) is 5.82 Å². The molecule has 0 atom stereocenters. The highest BCUT2D eigenvalue weighted by atomic mass is 19.1. The number of carbonyl (C=O) groups excluding carboxylic acids is 1. The Balaban J connectivity index is 1.64. The van der Waals surface area contributed by atoms with Gasteiger partial charge in [-0.3, -0.25) is 4.79 Å². The van der Waals surface area contributed by atoms with Gasteiger partial charge in [0.05, 0.1) is 0 Å². The van der Waals surface area contributed by atoms with E-state index in [1.54, 1.807) is 36.8 Å². The van der Waals surface area contributed by atoms with Crippen molar-refractivity contribution in [2.75, 3.05) is 0 Å². The Labute approximate surface area is 137 Å². The van der Waals surface area contributed by atoms with Crippen LogP contribution in [0.5, 0.6) is 0 Å². The molecule has 1 amide bonds. The van der Waals surface area contributed by atoms with Crippen molar-refractivity contribution >= 4 is 12.0 Å². The summed E-state index contributed by atoms with van der Waals surface area (Å²) in [6.07, 6.45) is 7.64. The molecule has 0 bridgehead atoms. The van der Waals surface area contributed by atoms with E-state index in [0.717, 1.165) is 11.1 Å². The van der Waals surface area contributed by atoms with Crippen LogP contribution in [-0.4, -0.2) is 25.7 Å². The lowest BCUT2D eigenvalue weighted by Gasteiger charge is -2.08. The van der Waals surface area contributed by atoms with Gasteiger partial charge in [-0.25, -0.2) is 19.0 Å². The number of nitrogens with one attached hydrogen (secondary N) is 1. The van der Waals surface area contributed by atoms with E-state index >= 15 is 0 Å². The summed E-state index contributed by atoms with van der Waals surface area (Å²) in [6, 6.07) is 9.53. The van der Waals surface area contributed by atoms with Crippen LogP contribution in [-0.2, 0) is 11.3 Å². The van der Waals surface area contributed by atoms with Gasteiger partial charge in [-0.05, 0) is 29.8 Å². The Morgan fingerprint density at radius 1 is 1.25 bits per heavy atom. The molecule has 0 fully saturated rings. The zero-order valence-electron chi connectivity index (χ0n) is 12.6. The molecule has 3 rings (SSSR count). The molecule has 2 aromatic heterocycles. The minimum absolute atomic E-state index is 0.257. The van der Waals surface area contributed by atoms with Crippen molar-refractivity contribution in [3.8, 4) is 5.82 Å². The molecule has 0 saturated heterocycles. The van der Waals surface area contributed by atoms with Crippen molar-refractivity contribution in [1.82, 2.24) is 25.1 Å². The van der Waals surface area contributed by atoms with E-state index in [-0.39, 0.29) is 11.7 Å². The van der Waals surface area contributed by atoms with E-state index in [2.05, 4.69) is 20.4 Å². The number of amides is 1. The Morgan fingerprint density at radius 2 is 2.08 bits per heavy atom. The van der Waals surface area contributed by atoms with Crippen molar-refractivity contribution in [3.63, 3.8) is 0 Å². The van der Waals surface area contributed by atoms with Crippen LogP contribution < -0.4 is 5.32 Å². The maximum absolute atomic E-state index is 12.8. The molecule has 120 valence electrons. The summed E-state index contributed by atoms with van der Waals surface area (Å²) in [6.45, 7) is 0.301. The first-order valence-electron chi connectivity index (χ1n) is 7.23. The fourth-order valence-electron chi connectivity index (χ4n) is 2.08. The molecule has 0 aliphatic carbocycles. The normalized spacial score (nSPS) is 10.9. The second-order valence-corrected chi connectivity index (χ2v) is 4.93. The summed E-state index contributed by atoms with van der Waals surface area (Å²) in [4.78, 5) is 20.1. The first-order valence-corrected chi connectivity index (χ1v) is 7.23. The summed E-state index contributed by atoms with van der Waals surface area (Å²) in [7, 11) is 0. The number of halogens is 1. The molecule has 0 spiro atoms. The van der Waals surface area contributed by atoms with Gasteiger partial charge in [0.15, 0.2) is 5.82 Å². The second-order valence-electron chi connectivity index (χ2n) is 4.93. The van der Waals surface area contributed by atoms with Crippen LogP contribution in [0.25, 0.3) is 11.9 Å². The van der Waals surface area contributed by atoms with Gasteiger partial charge < -0.3 is 5.32 Å². The fraction of sp³-hybridized carbons (Fsp3) is 0.0588. The molecule has 0 saturated carbocycles.